The number of anilines is 3. The second kappa shape index (κ2) is 9.26. The molecule has 0 bridgehead atoms. The Bertz CT molecular complexity index is 855. The summed E-state index contributed by atoms with van der Waals surface area (Å²) < 4.78 is 15.6. The summed E-state index contributed by atoms with van der Waals surface area (Å²) in [5.41, 5.74) is 1.28. The standard InChI is InChI=1S/C19H21N3O6/c1-11(23)20-12-5-7-13(8-6-12)21-18(24)19(25)22-14-9-15(26-2)17(28-4)16(10-14)27-3/h5-10H,1-4H3,(H,20,23)(H,21,24)(H,22,25). The predicted octanol–water partition coefficient (Wildman–Crippen LogP) is 2.25. The Labute approximate surface area is 162 Å². The van der Waals surface area contributed by atoms with Crippen molar-refractivity contribution in [3.05, 3.63) is 36.4 Å². The molecule has 0 saturated heterocycles. The van der Waals surface area contributed by atoms with Crippen LogP contribution in [0.15, 0.2) is 36.4 Å². The van der Waals surface area contributed by atoms with Crippen LogP contribution in [0.25, 0.3) is 0 Å². The third kappa shape index (κ3) is 5.13. The first kappa shape index (κ1) is 20.6. The lowest BCUT2D eigenvalue weighted by Crippen LogP contribution is -2.29. The number of nitrogens with one attached hydrogen (secondary N) is 3. The molecule has 9 nitrogen and oxygen atoms in total. The van der Waals surface area contributed by atoms with Crippen molar-refractivity contribution in [2.75, 3.05) is 37.3 Å². The van der Waals surface area contributed by atoms with Crippen molar-refractivity contribution >= 4 is 34.8 Å². The average molecular weight is 387 g/mol. The number of ether oxygens (including phenoxy) is 3. The molecule has 0 saturated carbocycles. The maximum absolute atomic E-state index is 12.2. The first-order chi connectivity index (χ1) is 13.4. The van der Waals surface area contributed by atoms with Crippen molar-refractivity contribution in [3.63, 3.8) is 0 Å². The third-order valence-corrected chi connectivity index (χ3v) is 3.59. The first-order valence-electron chi connectivity index (χ1n) is 8.18. The summed E-state index contributed by atoms with van der Waals surface area (Å²) >= 11 is 0. The highest BCUT2D eigenvalue weighted by atomic mass is 16.5. The maximum atomic E-state index is 12.2. The zero-order valence-electron chi connectivity index (χ0n) is 15.9. The third-order valence-electron chi connectivity index (χ3n) is 3.59. The van der Waals surface area contributed by atoms with Gasteiger partial charge in [0.2, 0.25) is 11.7 Å². The Morgan fingerprint density at radius 2 is 1.11 bits per heavy atom. The lowest BCUT2D eigenvalue weighted by Gasteiger charge is -2.14. The van der Waals surface area contributed by atoms with Gasteiger partial charge in [0, 0.05) is 36.1 Å². The highest BCUT2D eigenvalue weighted by Crippen LogP contribution is 2.39. The second-order valence-corrected chi connectivity index (χ2v) is 5.58. The summed E-state index contributed by atoms with van der Waals surface area (Å²) in [7, 11) is 4.35. The summed E-state index contributed by atoms with van der Waals surface area (Å²) in [6.45, 7) is 1.39. The molecule has 0 aliphatic carbocycles. The highest BCUT2D eigenvalue weighted by molar-refractivity contribution is 6.43. The number of benzene rings is 2. The molecule has 0 heterocycles. The molecular formula is C19H21N3O6. The minimum Gasteiger partial charge on any atom is -0.493 e. The lowest BCUT2D eigenvalue weighted by atomic mass is 10.2. The summed E-state index contributed by atoms with van der Waals surface area (Å²) in [6.07, 6.45) is 0. The Morgan fingerprint density at radius 3 is 1.50 bits per heavy atom. The van der Waals surface area contributed by atoms with Crippen LogP contribution in [-0.2, 0) is 14.4 Å². The zero-order valence-corrected chi connectivity index (χ0v) is 15.9. The van der Waals surface area contributed by atoms with Gasteiger partial charge in [0.25, 0.3) is 0 Å². The van der Waals surface area contributed by atoms with E-state index in [1.807, 2.05) is 0 Å². The van der Waals surface area contributed by atoms with Crippen LogP contribution < -0.4 is 30.2 Å². The zero-order chi connectivity index (χ0) is 20.7. The van der Waals surface area contributed by atoms with E-state index in [0.717, 1.165) is 0 Å². The Balaban J connectivity index is 2.08. The highest BCUT2D eigenvalue weighted by Gasteiger charge is 2.18. The summed E-state index contributed by atoms with van der Waals surface area (Å²) in [4.78, 5) is 35.3. The molecule has 3 amide bonds. The van der Waals surface area contributed by atoms with E-state index in [0.29, 0.717) is 34.3 Å². The van der Waals surface area contributed by atoms with Crippen LogP contribution in [0, 0.1) is 0 Å². The van der Waals surface area contributed by atoms with E-state index in [1.54, 1.807) is 24.3 Å². The fraction of sp³-hybridized carbons (Fsp3) is 0.211. The van der Waals surface area contributed by atoms with Gasteiger partial charge in [0.15, 0.2) is 11.5 Å². The van der Waals surface area contributed by atoms with Crippen molar-refractivity contribution < 1.29 is 28.6 Å². The minimum atomic E-state index is -0.875. The molecule has 9 heteroatoms. The van der Waals surface area contributed by atoms with Crippen molar-refractivity contribution in [2.45, 2.75) is 6.92 Å². The van der Waals surface area contributed by atoms with Crippen molar-refractivity contribution in [3.8, 4) is 17.2 Å². The average Bonchev–Trinajstić information content (AvgIpc) is 2.68. The molecule has 28 heavy (non-hydrogen) atoms. The Hall–Kier alpha value is -3.75. The van der Waals surface area contributed by atoms with Crippen LogP contribution in [0.2, 0.25) is 0 Å². The van der Waals surface area contributed by atoms with Crippen molar-refractivity contribution in [2.24, 2.45) is 0 Å². The molecule has 0 radical (unpaired) electrons. The molecule has 0 unspecified atom stereocenters. The van der Waals surface area contributed by atoms with Gasteiger partial charge in [-0.05, 0) is 24.3 Å². The normalized spacial score (nSPS) is 9.86. The molecule has 0 atom stereocenters. The maximum Gasteiger partial charge on any atom is 0.314 e. The molecule has 0 fully saturated rings. The van der Waals surface area contributed by atoms with Gasteiger partial charge in [-0.25, -0.2) is 0 Å². The van der Waals surface area contributed by atoms with Gasteiger partial charge >= 0.3 is 11.8 Å². The van der Waals surface area contributed by atoms with Crippen LogP contribution >= 0.6 is 0 Å². The van der Waals surface area contributed by atoms with Crippen LogP contribution in [0.5, 0.6) is 17.2 Å². The van der Waals surface area contributed by atoms with Gasteiger partial charge in [-0.2, -0.15) is 0 Å². The first-order valence-corrected chi connectivity index (χ1v) is 8.18. The second-order valence-electron chi connectivity index (χ2n) is 5.58. The number of amides is 3. The van der Waals surface area contributed by atoms with Crippen LogP contribution in [0.3, 0.4) is 0 Å². The van der Waals surface area contributed by atoms with E-state index in [9.17, 15) is 14.4 Å². The molecule has 2 aromatic rings. The molecule has 3 N–H and O–H groups in total. The number of carbonyl (C=O) groups excluding carboxylic acids is 3. The molecule has 0 spiro atoms. The van der Waals surface area contributed by atoms with E-state index in [1.165, 1.54) is 40.4 Å². The van der Waals surface area contributed by atoms with Crippen molar-refractivity contribution in [1.82, 2.24) is 0 Å². The van der Waals surface area contributed by atoms with Crippen LogP contribution in [0.1, 0.15) is 6.92 Å². The van der Waals surface area contributed by atoms with Gasteiger partial charge < -0.3 is 30.2 Å². The van der Waals surface area contributed by atoms with E-state index >= 15 is 0 Å². The number of methoxy groups -OCH3 is 3. The van der Waals surface area contributed by atoms with Gasteiger partial charge in [-0.3, -0.25) is 14.4 Å². The van der Waals surface area contributed by atoms with Gasteiger partial charge in [-0.15, -0.1) is 0 Å². The van der Waals surface area contributed by atoms with Crippen molar-refractivity contribution in [1.29, 1.82) is 0 Å². The Kier molecular flexibility index (Phi) is 6.80. The summed E-state index contributed by atoms with van der Waals surface area (Å²) in [5, 5.41) is 7.55. The molecule has 148 valence electrons. The molecule has 0 aliphatic rings. The minimum absolute atomic E-state index is 0.207. The predicted molar refractivity (Wildman–Crippen MR) is 104 cm³/mol. The molecule has 2 rings (SSSR count). The fourth-order valence-electron chi connectivity index (χ4n) is 2.37. The molecule has 0 aliphatic heterocycles. The number of hydrogen-bond donors (Lipinski definition) is 3. The van der Waals surface area contributed by atoms with E-state index in [-0.39, 0.29) is 5.91 Å². The fourth-order valence-corrected chi connectivity index (χ4v) is 2.37. The monoisotopic (exact) mass is 387 g/mol. The number of carbonyl (C=O) groups is 3. The molecular weight excluding hydrogens is 366 g/mol. The largest absolute Gasteiger partial charge is 0.493 e. The van der Waals surface area contributed by atoms with Gasteiger partial charge in [0.05, 0.1) is 21.3 Å². The van der Waals surface area contributed by atoms with Gasteiger partial charge in [-0.1, -0.05) is 0 Å². The SMILES string of the molecule is COc1cc(NC(=O)C(=O)Nc2ccc(NC(C)=O)cc2)cc(OC)c1OC. The topological polar surface area (TPSA) is 115 Å². The van der Waals surface area contributed by atoms with Gasteiger partial charge in [0.1, 0.15) is 0 Å². The molecule has 2 aromatic carbocycles. The smallest absolute Gasteiger partial charge is 0.314 e. The number of hydrogen-bond acceptors (Lipinski definition) is 6. The van der Waals surface area contributed by atoms with Crippen LogP contribution in [0.4, 0.5) is 17.1 Å². The molecule has 0 aromatic heterocycles. The van der Waals surface area contributed by atoms with E-state index < -0.39 is 11.8 Å². The van der Waals surface area contributed by atoms with E-state index in [4.69, 9.17) is 14.2 Å². The Morgan fingerprint density at radius 1 is 0.679 bits per heavy atom. The van der Waals surface area contributed by atoms with Crippen LogP contribution in [-0.4, -0.2) is 39.1 Å². The van der Waals surface area contributed by atoms with E-state index in [2.05, 4.69) is 16.0 Å². The lowest BCUT2D eigenvalue weighted by molar-refractivity contribution is -0.133. The number of rotatable bonds is 6. The summed E-state index contributed by atoms with van der Waals surface area (Å²) in [5.74, 6) is -0.897. The quantitative estimate of drug-likeness (QED) is 0.655. The summed E-state index contributed by atoms with van der Waals surface area (Å²) in [6, 6.07) is 9.36.